The molecule has 0 saturated carbocycles. The van der Waals surface area contributed by atoms with Crippen molar-refractivity contribution in [3.8, 4) is 11.5 Å². The quantitative estimate of drug-likeness (QED) is 0.806. The van der Waals surface area contributed by atoms with E-state index >= 15 is 0 Å². The molecule has 0 saturated heterocycles. The fraction of sp³-hybridized carbons (Fsp3) is 0.118. The number of ether oxygens (including phenoxy) is 1. The summed E-state index contributed by atoms with van der Waals surface area (Å²) in [6.45, 7) is 1.96. The third-order valence-electron chi connectivity index (χ3n) is 3.23. The number of aromatic nitrogens is 2. The standard InChI is InChI=1S/C17H15N3O2/c1-11-3-4-12-9-13(5-6-15(12)20-11)22-14-7-8-19-16(10-14)17(21)18-2/h3-10H,1-2H3,(H,18,21). The molecule has 2 aromatic heterocycles. The van der Waals surface area contributed by atoms with Gasteiger partial charge in [-0.05, 0) is 37.3 Å². The van der Waals surface area contributed by atoms with E-state index in [1.54, 1.807) is 25.4 Å². The molecule has 0 aliphatic rings. The van der Waals surface area contributed by atoms with Crippen LogP contribution < -0.4 is 10.1 Å². The summed E-state index contributed by atoms with van der Waals surface area (Å²) < 4.78 is 5.80. The molecule has 2 heterocycles. The van der Waals surface area contributed by atoms with Gasteiger partial charge in [-0.15, -0.1) is 0 Å². The summed E-state index contributed by atoms with van der Waals surface area (Å²) in [7, 11) is 1.57. The van der Waals surface area contributed by atoms with Gasteiger partial charge in [0, 0.05) is 30.4 Å². The lowest BCUT2D eigenvalue weighted by atomic mass is 10.2. The van der Waals surface area contributed by atoms with E-state index in [0.29, 0.717) is 17.2 Å². The molecule has 0 bridgehead atoms. The first-order chi connectivity index (χ1) is 10.7. The molecule has 0 unspecified atom stereocenters. The number of carbonyl (C=O) groups excluding carboxylic acids is 1. The van der Waals surface area contributed by atoms with E-state index in [1.165, 1.54) is 0 Å². The van der Waals surface area contributed by atoms with Crippen molar-refractivity contribution in [1.29, 1.82) is 0 Å². The first-order valence-corrected chi connectivity index (χ1v) is 6.89. The Labute approximate surface area is 128 Å². The molecule has 5 heteroatoms. The van der Waals surface area contributed by atoms with E-state index in [-0.39, 0.29) is 5.91 Å². The lowest BCUT2D eigenvalue weighted by Crippen LogP contribution is -2.18. The summed E-state index contributed by atoms with van der Waals surface area (Å²) in [6.07, 6.45) is 1.55. The van der Waals surface area contributed by atoms with E-state index in [1.807, 2.05) is 37.3 Å². The maximum atomic E-state index is 11.6. The molecule has 110 valence electrons. The van der Waals surface area contributed by atoms with Crippen LogP contribution in [-0.2, 0) is 0 Å². The number of carbonyl (C=O) groups is 1. The Morgan fingerprint density at radius 2 is 1.91 bits per heavy atom. The van der Waals surface area contributed by atoms with Crippen molar-refractivity contribution >= 4 is 16.8 Å². The van der Waals surface area contributed by atoms with Crippen molar-refractivity contribution in [2.75, 3.05) is 7.05 Å². The van der Waals surface area contributed by atoms with Crippen molar-refractivity contribution in [2.24, 2.45) is 0 Å². The number of amides is 1. The average molecular weight is 293 g/mol. The number of fused-ring (bicyclic) bond motifs is 1. The Balaban J connectivity index is 1.89. The van der Waals surface area contributed by atoms with Crippen LogP contribution in [0.25, 0.3) is 10.9 Å². The number of rotatable bonds is 3. The Hall–Kier alpha value is -2.95. The number of hydrogen-bond donors (Lipinski definition) is 1. The number of nitrogens with zero attached hydrogens (tertiary/aromatic N) is 2. The molecule has 1 N–H and O–H groups in total. The van der Waals surface area contributed by atoms with E-state index in [2.05, 4.69) is 15.3 Å². The van der Waals surface area contributed by atoms with Gasteiger partial charge in [0.05, 0.1) is 5.52 Å². The molecular formula is C17H15N3O2. The van der Waals surface area contributed by atoms with Crippen LogP contribution in [0.2, 0.25) is 0 Å². The van der Waals surface area contributed by atoms with Gasteiger partial charge in [0.1, 0.15) is 17.2 Å². The fourth-order valence-corrected chi connectivity index (χ4v) is 2.13. The number of pyridine rings is 2. The monoisotopic (exact) mass is 293 g/mol. The minimum atomic E-state index is -0.247. The topological polar surface area (TPSA) is 64.1 Å². The predicted octanol–water partition coefficient (Wildman–Crippen LogP) is 3.09. The highest BCUT2D eigenvalue weighted by molar-refractivity contribution is 5.92. The van der Waals surface area contributed by atoms with Gasteiger partial charge >= 0.3 is 0 Å². The highest BCUT2D eigenvalue weighted by Crippen LogP contribution is 2.25. The third-order valence-corrected chi connectivity index (χ3v) is 3.23. The zero-order chi connectivity index (χ0) is 15.5. The van der Waals surface area contributed by atoms with Crippen LogP contribution >= 0.6 is 0 Å². The summed E-state index contributed by atoms with van der Waals surface area (Å²) >= 11 is 0. The lowest BCUT2D eigenvalue weighted by molar-refractivity contribution is 0.0958. The Kier molecular flexibility index (Phi) is 3.70. The summed E-state index contributed by atoms with van der Waals surface area (Å²) in [5.74, 6) is 1.00. The van der Waals surface area contributed by atoms with Crippen LogP contribution in [0.5, 0.6) is 11.5 Å². The Bertz CT molecular complexity index is 846. The summed E-state index contributed by atoms with van der Waals surface area (Å²) in [6, 6.07) is 13.0. The van der Waals surface area contributed by atoms with E-state index in [0.717, 1.165) is 16.6 Å². The lowest BCUT2D eigenvalue weighted by Gasteiger charge is -2.08. The maximum absolute atomic E-state index is 11.6. The highest BCUT2D eigenvalue weighted by Gasteiger charge is 2.07. The molecule has 0 radical (unpaired) electrons. The Morgan fingerprint density at radius 3 is 2.73 bits per heavy atom. The zero-order valence-electron chi connectivity index (χ0n) is 12.3. The van der Waals surface area contributed by atoms with Crippen LogP contribution in [0.1, 0.15) is 16.2 Å². The highest BCUT2D eigenvalue weighted by atomic mass is 16.5. The molecule has 1 amide bonds. The van der Waals surface area contributed by atoms with Gasteiger partial charge in [0.2, 0.25) is 0 Å². The summed E-state index contributed by atoms with van der Waals surface area (Å²) in [5, 5.41) is 3.54. The fourth-order valence-electron chi connectivity index (χ4n) is 2.13. The number of nitrogens with one attached hydrogen (secondary N) is 1. The van der Waals surface area contributed by atoms with Crippen molar-refractivity contribution in [3.05, 3.63) is 60.0 Å². The van der Waals surface area contributed by atoms with Crippen LogP contribution in [0.15, 0.2) is 48.7 Å². The SMILES string of the molecule is CNC(=O)c1cc(Oc2ccc3nc(C)ccc3c2)ccn1. The van der Waals surface area contributed by atoms with Crippen molar-refractivity contribution < 1.29 is 9.53 Å². The van der Waals surface area contributed by atoms with Gasteiger partial charge in [0.15, 0.2) is 0 Å². The Morgan fingerprint density at radius 1 is 1.09 bits per heavy atom. The van der Waals surface area contributed by atoms with Crippen LogP contribution in [0.4, 0.5) is 0 Å². The molecule has 0 aliphatic heterocycles. The molecule has 22 heavy (non-hydrogen) atoms. The normalized spacial score (nSPS) is 10.5. The van der Waals surface area contributed by atoms with E-state index in [4.69, 9.17) is 4.74 Å². The molecule has 1 aromatic carbocycles. The zero-order valence-corrected chi connectivity index (χ0v) is 12.3. The number of aryl methyl sites for hydroxylation is 1. The number of hydrogen-bond acceptors (Lipinski definition) is 4. The van der Waals surface area contributed by atoms with Crippen LogP contribution in [0, 0.1) is 6.92 Å². The van der Waals surface area contributed by atoms with E-state index < -0.39 is 0 Å². The average Bonchev–Trinajstić information content (AvgIpc) is 2.54. The van der Waals surface area contributed by atoms with Gasteiger partial charge in [-0.25, -0.2) is 0 Å². The second-order valence-corrected chi connectivity index (χ2v) is 4.87. The second kappa shape index (κ2) is 5.81. The first kappa shape index (κ1) is 14.0. The largest absolute Gasteiger partial charge is 0.457 e. The van der Waals surface area contributed by atoms with Crippen LogP contribution in [0.3, 0.4) is 0 Å². The molecular weight excluding hydrogens is 278 g/mol. The molecule has 3 rings (SSSR count). The van der Waals surface area contributed by atoms with Crippen molar-refractivity contribution in [3.63, 3.8) is 0 Å². The van der Waals surface area contributed by atoms with Gasteiger partial charge in [-0.1, -0.05) is 6.07 Å². The van der Waals surface area contributed by atoms with Crippen LogP contribution in [-0.4, -0.2) is 22.9 Å². The summed E-state index contributed by atoms with van der Waals surface area (Å²) in [5.41, 5.74) is 2.22. The molecule has 5 nitrogen and oxygen atoms in total. The number of benzene rings is 1. The molecule has 0 atom stereocenters. The smallest absolute Gasteiger partial charge is 0.269 e. The molecule has 3 aromatic rings. The van der Waals surface area contributed by atoms with Crippen molar-refractivity contribution in [1.82, 2.24) is 15.3 Å². The molecule has 0 aliphatic carbocycles. The first-order valence-electron chi connectivity index (χ1n) is 6.89. The van der Waals surface area contributed by atoms with Gasteiger partial charge in [0.25, 0.3) is 5.91 Å². The second-order valence-electron chi connectivity index (χ2n) is 4.87. The minimum absolute atomic E-state index is 0.247. The summed E-state index contributed by atoms with van der Waals surface area (Å²) in [4.78, 5) is 20.1. The predicted molar refractivity (Wildman–Crippen MR) is 84.2 cm³/mol. The van der Waals surface area contributed by atoms with Crippen molar-refractivity contribution in [2.45, 2.75) is 6.92 Å². The van der Waals surface area contributed by atoms with Gasteiger partial charge in [-0.3, -0.25) is 14.8 Å². The van der Waals surface area contributed by atoms with Gasteiger partial charge < -0.3 is 10.1 Å². The third kappa shape index (κ3) is 2.88. The van der Waals surface area contributed by atoms with Gasteiger partial charge in [-0.2, -0.15) is 0 Å². The minimum Gasteiger partial charge on any atom is -0.457 e. The van der Waals surface area contributed by atoms with E-state index in [9.17, 15) is 4.79 Å². The molecule has 0 spiro atoms. The maximum Gasteiger partial charge on any atom is 0.269 e. The molecule has 0 fully saturated rings.